The molecule has 3 N–H and O–H groups in total. The fourth-order valence-electron chi connectivity index (χ4n) is 1.30. The zero-order valence-electron chi connectivity index (χ0n) is 9.89. The summed E-state index contributed by atoms with van der Waals surface area (Å²) in [4.78, 5) is 11.8. The largest absolute Gasteiger partial charge is 0.353 e. The number of carbonyl (C=O) groups is 1. The van der Waals surface area contributed by atoms with E-state index in [0.717, 1.165) is 19.3 Å². The van der Waals surface area contributed by atoms with Crippen LogP contribution in [0.25, 0.3) is 0 Å². The third-order valence-electron chi connectivity index (χ3n) is 2.88. The minimum Gasteiger partial charge on any atom is -0.353 e. The maximum Gasteiger partial charge on any atom is 0.227 e. The van der Waals surface area contributed by atoms with Gasteiger partial charge in [0.25, 0.3) is 0 Å². The standard InChI is InChI=1S/C11H24N2O/c1-5-7-9(3)13-10(14)11(4,6-2)8-12/h9H,5-8,12H2,1-4H3,(H,13,14). The molecule has 3 nitrogen and oxygen atoms in total. The highest BCUT2D eigenvalue weighted by atomic mass is 16.2. The lowest BCUT2D eigenvalue weighted by molar-refractivity contribution is -0.130. The summed E-state index contributed by atoms with van der Waals surface area (Å²) < 4.78 is 0. The summed E-state index contributed by atoms with van der Waals surface area (Å²) in [5.41, 5.74) is 5.21. The molecule has 0 aromatic carbocycles. The van der Waals surface area contributed by atoms with Crippen molar-refractivity contribution < 1.29 is 4.79 Å². The number of hydrogen-bond acceptors (Lipinski definition) is 2. The summed E-state index contributed by atoms with van der Waals surface area (Å²) >= 11 is 0. The number of hydrogen-bond donors (Lipinski definition) is 2. The van der Waals surface area contributed by atoms with Gasteiger partial charge in [-0.1, -0.05) is 20.3 Å². The molecular formula is C11H24N2O. The van der Waals surface area contributed by atoms with Crippen molar-refractivity contribution in [3.05, 3.63) is 0 Å². The summed E-state index contributed by atoms with van der Waals surface area (Å²) in [5, 5.41) is 3.00. The Morgan fingerprint density at radius 2 is 2.07 bits per heavy atom. The lowest BCUT2D eigenvalue weighted by Crippen LogP contribution is -2.46. The first-order valence-corrected chi connectivity index (χ1v) is 5.51. The Hall–Kier alpha value is -0.570. The van der Waals surface area contributed by atoms with Crippen molar-refractivity contribution >= 4 is 5.91 Å². The summed E-state index contributed by atoms with van der Waals surface area (Å²) in [6.07, 6.45) is 2.90. The average Bonchev–Trinajstić information content (AvgIpc) is 2.16. The second-order valence-electron chi connectivity index (χ2n) is 4.28. The lowest BCUT2D eigenvalue weighted by atomic mass is 9.86. The summed E-state index contributed by atoms with van der Waals surface area (Å²) in [6.45, 7) is 8.48. The molecule has 14 heavy (non-hydrogen) atoms. The second kappa shape index (κ2) is 6.02. The van der Waals surface area contributed by atoms with Crippen molar-refractivity contribution in [3.8, 4) is 0 Å². The number of nitrogens with two attached hydrogens (primary N) is 1. The van der Waals surface area contributed by atoms with Crippen LogP contribution in [0.3, 0.4) is 0 Å². The molecule has 3 heteroatoms. The highest BCUT2D eigenvalue weighted by molar-refractivity contribution is 5.82. The van der Waals surface area contributed by atoms with Crippen LogP contribution in [-0.2, 0) is 4.79 Å². The molecule has 0 aliphatic rings. The molecule has 0 aromatic rings. The first-order valence-electron chi connectivity index (χ1n) is 5.51. The van der Waals surface area contributed by atoms with Crippen molar-refractivity contribution in [2.75, 3.05) is 6.54 Å². The van der Waals surface area contributed by atoms with E-state index in [0.29, 0.717) is 6.54 Å². The van der Waals surface area contributed by atoms with E-state index in [-0.39, 0.29) is 11.9 Å². The van der Waals surface area contributed by atoms with Gasteiger partial charge >= 0.3 is 0 Å². The van der Waals surface area contributed by atoms with Gasteiger partial charge in [-0.2, -0.15) is 0 Å². The molecular weight excluding hydrogens is 176 g/mol. The van der Waals surface area contributed by atoms with Gasteiger partial charge in [0.2, 0.25) is 5.91 Å². The Labute approximate surface area is 87.4 Å². The number of nitrogens with one attached hydrogen (secondary N) is 1. The monoisotopic (exact) mass is 200 g/mol. The zero-order chi connectivity index (χ0) is 11.2. The van der Waals surface area contributed by atoms with Gasteiger partial charge in [-0.25, -0.2) is 0 Å². The second-order valence-corrected chi connectivity index (χ2v) is 4.28. The molecule has 0 aromatic heterocycles. The smallest absolute Gasteiger partial charge is 0.227 e. The molecule has 0 saturated heterocycles. The normalized spacial score (nSPS) is 17.2. The Bertz CT molecular complexity index is 176. The van der Waals surface area contributed by atoms with Crippen molar-refractivity contribution in [1.82, 2.24) is 5.32 Å². The van der Waals surface area contributed by atoms with Crippen LogP contribution in [0.2, 0.25) is 0 Å². The van der Waals surface area contributed by atoms with Crippen LogP contribution in [0.5, 0.6) is 0 Å². The highest BCUT2D eigenvalue weighted by Crippen LogP contribution is 2.19. The van der Waals surface area contributed by atoms with Gasteiger partial charge < -0.3 is 11.1 Å². The van der Waals surface area contributed by atoms with Gasteiger partial charge in [0.05, 0.1) is 5.41 Å². The Kier molecular flexibility index (Phi) is 5.77. The molecule has 0 aliphatic heterocycles. The maximum absolute atomic E-state index is 11.8. The van der Waals surface area contributed by atoms with Crippen molar-refractivity contribution in [2.24, 2.45) is 11.1 Å². The lowest BCUT2D eigenvalue weighted by Gasteiger charge is -2.27. The molecule has 2 unspecified atom stereocenters. The molecule has 0 bridgehead atoms. The molecule has 0 spiro atoms. The molecule has 0 radical (unpaired) electrons. The van der Waals surface area contributed by atoms with Gasteiger partial charge in [-0.05, 0) is 26.7 Å². The Balaban J connectivity index is 4.18. The summed E-state index contributed by atoms with van der Waals surface area (Å²) in [7, 11) is 0. The fourth-order valence-corrected chi connectivity index (χ4v) is 1.30. The van der Waals surface area contributed by atoms with E-state index in [2.05, 4.69) is 12.2 Å². The summed E-state index contributed by atoms with van der Waals surface area (Å²) in [6, 6.07) is 0.255. The van der Waals surface area contributed by atoms with Crippen LogP contribution in [0, 0.1) is 5.41 Å². The number of carbonyl (C=O) groups excluding carboxylic acids is 1. The van der Waals surface area contributed by atoms with Crippen LogP contribution in [0.15, 0.2) is 0 Å². The minimum absolute atomic E-state index is 0.0865. The first kappa shape index (κ1) is 13.4. The van der Waals surface area contributed by atoms with Crippen LogP contribution in [0.1, 0.15) is 47.0 Å². The van der Waals surface area contributed by atoms with Gasteiger partial charge in [0, 0.05) is 12.6 Å². The zero-order valence-corrected chi connectivity index (χ0v) is 9.89. The molecule has 84 valence electrons. The molecule has 0 heterocycles. The predicted octanol–water partition coefficient (Wildman–Crippen LogP) is 1.67. The third kappa shape index (κ3) is 3.66. The molecule has 1 amide bonds. The number of rotatable bonds is 6. The van der Waals surface area contributed by atoms with E-state index in [1.165, 1.54) is 0 Å². The van der Waals surface area contributed by atoms with Crippen LogP contribution >= 0.6 is 0 Å². The SMILES string of the molecule is CCCC(C)NC(=O)C(C)(CC)CN. The van der Waals surface area contributed by atoms with Crippen molar-refractivity contribution in [2.45, 2.75) is 53.0 Å². The molecule has 0 fully saturated rings. The molecule has 0 aliphatic carbocycles. The van der Waals surface area contributed by atoms with Gasteiger partial charge in [-0.3, -0.25) is 4.79 Å². The first-order chi connectivity index (χ1) is 6.50. The van der Waals surface area contributed by atoms with E-state index >= 15 is 0 Å². The van der Waals surface area contributed by atoms with Crippen molar-refractivity contribution in [1.29, 1.82) is 0 Å². The van der Waals surface area contributed by atoms with Gasteiger partial charge in [0.1, 0.15) is 0 Å². The van der Waals surface area contributed by atoms with Crippen LogP contribution in [0.4, 0.5) is 0 Å². The molecule has 2 atom stereocenters. The van der Waals surface area contributed by atoms with Crippen molar-refractivity contribution in [3.63, 3.8) is 0 Å². The van der Waals surface area contributed by atoms with E-state index in [9.17, 15) is 4.79 Å². The van der Waals surface area contributed by atoms with E-state index in [1.54, 1.807) is 0 Å². The van der Waals surface area contributed by atoms with Gasteiger partial charge in [-0.15, -0.1) is 0 Å². The highest BCUT2D eigenvalue weighted by Gasteiger charge is 2.29. The average molecular weight is 200 g/mol. The molecule has 0 rings (SSSR count). The predicted molar refractivity (Wildman–Crippen MR) is 60.0 cm³/mol. The summed E-state index contributed by atoms with van der Waals surface area (Å²) in [5.74, 6) is 0.0865. The Morgan fingerprint density at radius 3 is 2.43 bits per heavy atom. The van der Waals surface area contributed by atoms with Crippen LogP contribution in [-0.4, -0.2) is 18.5 Å². The van der Waals surface area contributed by atoms with Gasteiger partial charge in [0.15, 0.2) is 0 Å². The fraction of sp³-hybridized carbons (Fsp3) is 0.909. The van der Waals surface area contributed by atoms with E-state index < -0.39 is 5.41 Å². The maximum atomic E-state index is 11.8. The van der Waals surface area contributed by atoms with Crippen LogP contribution < -0.4 is 11.1 Å². The molecule has 0 saturated carbocycles. The third-order valence-corrected chi connectivity index (χ3v) is 2.88. The Morgan fingerprint density at radius 1 is 1.50 bits per heavy atom. The minimum atomic E-state index is -0.401. The van der Waals surface area contributed by atoms with E-state index in [1.807, 2.05) is 20.8 Å². The number of amides is 1. The van der Waals surface area contributed by atoms with E-state index in [4.69, 9.17) is 5.73 Å². The quantitative estimate of drug-likeness (QED) is 0.685. The topological polar surface area (TPSA) is 55.1 Å².